The number of aliphatic hydroxyl groups excluding tert-OH is 1. The molecule has 26 heavy (non-hydrogen) atoms. The Bertz CT molecular complexity index is 597. The van der Waals surface area contributed by atoms with Gasteiger partial charge in [0.05, 0.1) is 6.04 Å². The van der Waals surface area contributed by atoms with E-state index < -0.39 is 12.1 Å². The molecule has 0 aliphatic carbocycles. The monoisotopic (exact) mass is 388 g/mol. The van der Waals surface area contributed by atoms with E-state index in [9.17, 15) is 9.90 Å². The number of carbonyl (C=O) groups is 1. The standard InChI is InChI=1S/C17H24N2O6.ClH/c18-16(11-3-5-22-6-4-11)17(21)19-8-12(20)9-23-13-1-2-14-15(7-13)25-10-24-14;/h1-2,7,11-12,16,20H,3-6,8-10,18H2,(H,19,21);1H. The van der Waals surface area contributed by atoms with Gasteiger partial charge >= 0.3 is 0 Å². The SMILES string of the molecule is Cl.NC(C(=O)NCC(O)COc1ccc2c(c1)OCO2)C1CCOCC1. The minimum atomic E-state index is -0.837. The van der Waals surface area contributed by atoms with E-state index in [0.29, 0.717) is 30.5 Å². The number of hydrogen-bond donors (Lipinski definition) is 3. The Morgan fingerprint density at radius 2 is 2.04 bits per heavy atom. The highest BCUT2D eigenvalue weighted by Gasteiger charge is 2.26. The molecule has 3 rings (SSSR count). The van der Waals surface area contributed by atoms with Crippen LogP contribution in [0.3, 0.4) is 0 Å². The third-order valence-electron chi connectivity index (χ3n) is 4.37. The van der Waals surface area contributed by atoms with Crippen LogP contribution in [0.5, 0.6) is 17.2 Å². The summed E-state index contributed by atoms with van der Waals surface area (Å²) in [6, 6.07) is 4.61. The van der Waals surface area contributed by atoms with E-state index in [4.69, 9.17) is 24.7 Å². The van der Waals surface area contributed by atoms with Gasteiger partial charge in [0.1, 0.15) is 18.5 Å². The molecular formula is C17H25ClN2O6. The molecule has 2 aliphatic rings. The predicted octanol–water partition coefficient (Wildman–Crippen LogP) is 0.447. The van der Waals surface area contributed by atoms with Crippen LogP contribution in [0.2, 0.25) is 0 Å². The van der Waals surface area contributed by atoms with Crippen molar-refractivity contribution in [3.63, 3.8) is 0 Å². The van der Waals surface area contributed by atoms with Gasteiger partial charge in [0, 0.05) is 25.8 Å². The molecule has 9 heteroatoms. The van der Waals surface area contributed by atoms with Gasteiger partial charge in [-0.25, -0.2) is 0 Å². The summed E-state index contributed by atoms with van der Waals surface area (Å²) in [4.78, 5) is 12.1. The molecular weight excluding hydrogens is 364 g/mol. The molecule has 1 saturated heterocycles. The van der Waals surface area contributed by atoms with E-state index in [0.717, 1.165) is 12.8 Å². The molecule has 2 unspecified atom stereocenters. The molecule has 0 radical (unpaired) electrons. The van der Waals surface area contributed by atoms with E-state index >= 15 is 0 Å². The van der Waals surface area contributed by atoms with Crippen LogP contribution in [-0.4, -0.2) is 56.3 Å². The van der Waals surface area contributed by atoms with E-state index in [-0.39, 0.29) is 44.2 Å². The second kappa shape index (κ2) is 9.82. The second-order valence-corrected chi connectivity index (χ2v) is 6.20. The van der Waals surface area contributed by atoms with E-state index in [1.807, 2.05) is 0 Å². The highest BCUT2D eigenvalue weighted by atomic mass is 35.5. The average Bonchev–Trinajstić information content (AvgIpc) is 3.12. The molecule has 0 spiro atoms. The van der Waals surface area contributed by atoms with Crippen molar-refractivity contribution in [3.05, 3.63) is 18.2 Å². The van der Waals surface area contributed by atoms with Gasteiger partial charge in [-0.15, -0.1) is 12.4 Å². The third kappa shape index (κ3) is 5.38. The van der Waals surface area contributed by atoms with Crippen molar-refractivity contribution in [1.82, 2.24) is 5.32 Å². The number of amides is 1. The topological polar surface area (TPSA) is 112 Å². The minimum Gasteiger partial charge on any atom is -0.491 e. The summed E-state index contributed by atoms with van der Waals surface area (Å²) in [7, 11) is 0. The van der Waals surface area contributed by atoms with E-state index in [2.05, 4.69) is 5.32 Å². The Labute approximate surface area is 158 Å². The fourth-order valence-corrected chi connectivity index (χ4v) is 2.84. The number of ether oxygens (including phenoxy) is 4. The maximum absolute atomic E-state index is 12.1. The van der Waals surface area contributed by atoms with Crippen LogP contribution in [0, 0.1) is 5.92 Å². The largest absolute Gasteiger partial charge is 0.491 e. The molecule has 0 bridgehead atoms. The normalized spacial score (nSPS) is 18.5. The third-order valence-corrected chi connectivity index (χ3v) is 4.37. The summed E-state index contributed by atoms with van der Waals surface area (Å²) in [5.74, 6) is 1.71. The molecule has 0 aromatic heterocycles. The summed E-state index contributed by atoms with van der Waals surface area (Å²) in [6.45, 7) is 1.60. The number of hydrogen-bond acceptors (Lipinski definition) is 7. The van der Waals surface area contributed by atoms with E-state index in [1.165, 1.54) is 0 Å². The number of fused-ring (bicyclic) bond motifs is 1. The summed E-state index contributed by atoms with van der Waals surface area (Å²) >= 11 is 0. The fourth-order valence-electron chi connectivity index (χ4n) is 2.84. The zero-order chi connectivity index (χ0) is 17.6. The molecule has 1 fully saturated rings. The molecule has 1 amide bonds. The lowest BCUT2D eigenvalue weighted by atomic mass is 9.92. The van der Waals surface area contributed by atoms with Gasteiger partial charge in [0.2, 0.25) is 12.7 Å². The van der Waals surface area contributed by atoms with Crippen LogP contribution < -0.4 is 25.3 Å². The van der Waals surface area contributed by atoms with Crippen molar-refractivity contribution >= 4 is 18.3 Å². The van der Waals surface area contributed by atoms with Gasteiger partial charge < -0.3 is 35.1 Å². The Morgan fingerprint density at radius 3 is 2.81 bits per heavy atom. The first kappa shape index (κ1) is 20.6. The number of aliphatic hydroxyl groups is 1. The lowest BCUT2D eigenvalue weighted by molar-refractivity contribution is -0.124. The zero-order valence-electron chi connectivity index (χ0n) is 14.4. The first-order valence-electron chi connectivity index (χ1n) is 8.45. The summed E-state index contributed by atoms with van der Waals surface area (Å²) < 4.78 is 21.3. The van der Waals surface area contributed by atoms with Gasteiger partial charge in [-0.3, -0.25) is 4.79 Å². The quantitative estimate of drug-likeness (QED) is 0.621. The minimum absolute atomic E-state index is 0. The van der Waals surface area contributed by atoms with Crippen molar-refractivity contribution in [2.45, 2.75) is 25.0 Å². The highest BCUT2D eigenvalue weighted by molar-refractivity contribution is 5.85. The second-order valence-electron chi connectivity index (χ2n) is 6.20. The van der Waals surface area contributed by atoms with Crippen molar-refractivity contribution in [1.29, 1.82) is 0 Å². The number of rotatable bonds is 7. The number of halogens is 1. The molecule has 8 nitrogen and oxygen atoms in total. The van der Waals surface area contributed by atoms with Gasteiger partial charge in [0.25, 0.3) is 0 Å². The maximum atomic E-state index is 12.1. The van der Waals surface area contributed by atoms with Crippen LogP contribution in [0.1, 0.15) is 12.8 Å². The average molecular weight is 389 g/mol. The number of nitrogens with one attached hydrogen (secondary N) is 1. The predicted molar refractivity (Wildman–Crippen MR) is 95.8 cm³/mol. The smallest absolute Gasteiger partial charge is 0.237 e. The number of carbonyl (C=O) groups excluding carboxylic acids is 1. The van der Waals surface area contributed by atoms with E-state index in [1.54, 1.807) is 18.2 Å². The Kier molecular flexibility index (Phi) is 7.77. The highest BCUT2D eigenvalue weighted by Crippen LogP contribution is 2.35. The summed E-state index contributed by atoms with van der Waals surface area (Å²) in [5, 5.41) is 12.7. The van der Waals surface area contributed by atoms with Gasteiger partial charge in [-0.2, -0.15) is 0 Å². The molecule has 4 N–H and O–H groups in total. The van der Waals surface area contributed by atoms with Crippen molar-refractivity contribution in [2.75, 3.05) is 33.2 Å². The zero-order valence-corrected chi connectivity index (χ0v) is 15.2. The van der Waals surface area contributed by atoms with Crippen molar-refractivity contribution in [3.8, 4) is 17.2 Å². The first-order valence-corrected chi connectivity index (χ1v) is 8.45. The van der Waals surface area contributed by atoms with Crippen LogP contribution in [0.25, 0.3) is 0 Å². The molecule has 0 saturated carbocycles. The van der Waals surface area contributed by atoms with Crippen LogP contribution >= 0.6 is 12.4 Å². The van der Waals surface area contributed by atoms with Gasteiger partial charge in [0.15, 0.2) is 11.5 Å². The molecule has 1 aromatic rings. The van der Waals surface area contributed by atoms with Crippen LogP contribution in [0.15, 0.2) is 18.2 Å². The number of benzene rings is 1. The molecule has 2 aliphatic heterocycles. The molecule has 2 atom stereocenters. The van der Waals surface area contributed by atoms with Crippen molar-refractivity contribution < 1.29 is 28.8 Å². The van der Waals surface area contributed by atoms with Gasteiger partial charge in [-0.05, 0) is 30.9 Å². The Hall–Kier alpha value is -1.74. The Balaban J connectivity index is 0.00000243. The first-order chi connectivity index (χ1) is 12.1. The molecule has 146 valence electrons. The molecule has 1 aromatic carbocycles. The Morgan fingerprint density at radius 1 is 1.31 bits per heavy atom. The fraction of sp³-hybridized carbons (Fsp3) is 0.588. The summed E-state index contributed by atoms with van der Waals surface area (Å²) in [5.41, 5.74) is 5.99. The lowest BCUT2D eigenvalue weighted by Crippen LogP contribution is -2.49. The maximum Gasteiger partial charge on any atom is 0.237 e. The van der Waals surface area contributed by atoms with Crippen molar-refractivity contribution in [2.24, 2.45) is 11.7 Å². The summed E-state index contributed by atoms with van der Waals surface area (Å²) in [6.07, 6.45) is 0.727. The van der Waals surface area contributed by atoms with Gasteiger partial charge in [-0.1, -0.05) is 0 Å². The molecule has 2 heterocycles. The van der Waals surface area contributed by atoms with Crippen LogP contribution in [0.4, 0.5) is 0 Å². The lowest BCUT2D eigenvalue weighted by Gasteiger charge is -2.27. The number of nitrogens with two attached hydrogens (primary N) is 1. The van der Waals surface area contributed by atoms with Crippen LogP contribution in [-0.2, 0) is 9.53 Å².